The molecular formula is C22H24N2O4S. The van der Waals surface area contributed by atoms with E-state index in [9.17, 15) is 9.59 Å². The van der Waals surface area contributed by atoms with Crippen LogP contribution in [-0.2, 0) is 9.53 Å². The molecule has 2 amide bonds. The number of thioether (sulfide) groups is 1. The molecule has 1 unspecified atom stereocenters. The summed E-state index contributed by atoms with van der Waals surface area (Å²) in [5.41, 5.74) is 3.03. The van der Waals surface area contributed by atoms with Crippen LogP contribution in [0.3, 0.4) is 0 Å². The summed E-state index contributed by atoms with van der Waals surface area (Å²) in [6, 6.07) is 8.17. The molecule has 152 valence electrons. The van der Waals surface area contributed by atoms with Gasteiger partial charge in [0.15, 0.2) is 6.39 Å². The number of oxazole rings is 1. The van der Waals surface area contributed by atoms with Gasteiger partial charge in [-0.15, -0.1) is 0 Å². The Balaban J connectivity index is 1.54. The molecule has 1 aromatic carbocycles. The summed E-state index contributed by atoms with van der Waals surface area (Å²) in [5, 5.41) is 2.02. The Morgan fingerprint density at radius 3 is 2.79 bits per heavy atom. The third kappa shape index (κ3) is 4.46. The lowest BCUT2D eigenvalue weighted by atomic mass is 9.86. The number of imide groups is 1. The van der Waals surface area contributed by atoms with Crippen LogP contribution >= 0.6 is 11.8 Å². The lowest BCUT2D eigenvalue weighted by Gasteiger charge is -2.31. The minimum absolute atomic E-state index is 0.0384. The Kier molecular flexibility index (Phi) is 5.87. The van der Waals surface area contributed by atoms with Gasteiger partial charge in [0, 0.05) is 0 Å². The zero-order valence-corrected chi connectivity index (χ0v) is 17.3. The van der Waals surface area contributed by atoms with E-state index in [1.54, 1.807) is 0 Å². The summed E-state index contributed by atoms with van der Waals surface area (Å²) < 4.78 is 12.0. The van der Waals surface area contributed by atoms with E-state index in [1.807, 2.05) is 25.1 Å². The van der Waals surface area contributed by atoms with Gasteiger partial charge < -0.3 is 9.15 Å². The maximum Gasteiger partial charge on any atom is 0.290 e. The second-order valence-electron chi connectivity index (χ2n) is 7.59. The quantitative estimate of drug-likeness (QED) is 0.709. The topological polar surface area (TPSA) is 81.4 Å². The number of carbonyl (C=O) groups excluding carboxylic acids is 2. The van der Waals surface area contributed by atoms with Crippen LogP contribution in [0.25, 0.3) is 0 Å². The number of amides is 2. The number of hydrogen-bond donors (Lipinski definition) is 1. The summed E-state index contributed by atoms with van der Waals surface area (Å²) in [6.07, 6.45) is 6.90. The maximum atomic E-state index is 11.9. The molecule has 1 aliphatic heterocycles. The zero-order valence-electron chi connectivity index (χ0n) is 16.5. The van der Waals surface area contributed by atoms with Crippen LogP contribution in [0, 0.1) is 19.8 Å². The number of nitrogens with one attached hydrogen (secondary N) is 1. The number of allylic oxidation sites excluding steroid dienone is 1. The van der Waals surface area contributed by atoms with E-state index in [0.717, 1.165) is 60.0 Å². The standard InChI is InChI=1S/C22H24N2O4S/c1-13-6-3-4-9-17(13)20(19-14(2)27-12-23-19)28-16-8-5-7-15(10-16)11-18-21(25)24-22(26)29-18/h3-4,6,9,11-12,15-16,20H,5,7-8,10H2,1-2H3,(H,24,25,26)/t15-,16+,20?/m1/s1. The fraction of sp³-hybridized carbons (Fsp3) is 0.409. The van der Waals surface area contributed by atoms with Crippen LogP contribution < -0.4 is 5.32 Å². The SMILES string of the molecule is Cc1ccccc1C(O[C@H]1CCC[C@@H](C=C2SC(=O)NC2=O)C1)c1ncoc1C. The number of aryl methyl sites for hydroxylation is 2. The van der Waals surface area contributed by atoms with Crippen molar-refractivity contribution in [3.63, 3.8) is 0 Å². The molecule has 2 fully saturated rings. The number of nitrogens with zero attached hydrogens (tertiary/aromatic N) is 1. The van der Waals surface area contributed by atoms with E-state index >= 15 is 0 Å². The van der Waals surface area contributed by atoms with Gasteiger partial charge in [0.25, 0.3) is 11.1 Å². The normalized spacial score (nSPS) is 24.7. The second-order valence-corrected chi connectivity index (χ2v) is 8.60. The van der Waals surface area contributed by atoms with E-state index in [1.165, 1.54) is 6.39 Å². The van der Waals surface area contributed by atoms with E-state index in [2.05, 4.69) is 29.4 Å². The largest absolute Gasteiger partial charge is 0.448 e. The fourth-order valence-electron chi connectivity index (χ4n) is 4.03. The molecule has 1 aromatic heterocycles. The first-order chi connectivity index (χ1) is 14.0. The number of ether oxygens (including phenoxy) is 1. The zero-order chi connectivity index (χ0) is 20.4. The molecule has 4 rings (SSSR count). The molecule has 1 saturated heterocycles. The molecule has 0 bridgehead atoms. The first kappa shape index (κ1) is 19.9. The van der Waals surface area contributed by atoms with Crippen molar-refractivity contribution in [1.82, 2.24) is 10.3 Å². The molecule has 6 nitrogen and oxygen atoms in total. The van der Waals surface area contributed by atoms with Gasteiger partial charge in [-0.3, -0.25) is 14.9 Å². The van der Waals surface area contributed by atoms with Crippen molar-refractivity contribution in [2.75, 3.05) is 0 Å². The van der Waals surface area contributed by atoms with Gasteiger partial charge in [-0.2, -0.15) is 0 Å². The van der Waals surface area contributed by atoms with Crippen molar-refractivity contribution in [2.24, 2.45) is 5.92 Å². The highest BCUT2D eigenvalue weighted by Gasteiger charge is 2.31. The molecule has 2 aromatic rings. The van der Waals surface area contributed by atoms with Crippen LogP contribution in [0.2, 0.25) is 0 Å². The molecule has 29 heavy (non-hydrogen) atoms. The Bertz CT molecular complexity index is 952. The Morgan fingerprint density at radius 1 is 1.28 bits per heavy atom. The van der Waals surface area contributed by atoms with Gasteiger partial charge >= 0.3 is 0 Å². The Morgan fingerprint density at radius 2 is 2.10 bits per heavy atom. The fourth-order valence-corrected chi connectivity index (χ4v) is 4.78. The van der Waals surface area contributed by atoms with Crippen molar-refractivity contribution in [2.45, 2.75) is 51.7 Å². The van der Waals surface area contributed by atoms with Gasteiger partial charge in [-0.05, 0) is 61.9 Å². The summed E-state index contributed by atoms with van der Waals surface area (Å²) in [4.78, 5) is 28.2. The van der Waals surface area contributed by atoms with Crippen LogP contribution in [0.5, 0.6) is 0 Å². The number of rotatable bonds is 5. The van der Waals surface area contributed by atoms with E-state index in [-0.39, 0.29) is 29.3 Å². The monoisotopic (exact) mass is 412 g/mol. The number of carbonyl (C=O) groups is 2. The van der Waals surface area contributed by atoms with Crippen molar-refractivity contribution in [3.05, 3.63) is 64.2 Å². The van der Waals surface area contributed by atoms with Crippen molar-refractivity contribution in [3.8, 4) is 0 Å². The minimum Gasteiger partial charge on any atom is -0.448 e. The van der Waals surface area contributed by atoms with Crippen LogP contribution in [-0.4, -0.2) is 22.2 Å². The molecule has 1 saturated carbocycles. The highest BCUT2D eigenvalue weighted by molar-refractivity contribution is 8.18. The Hall–Kier alpha value is -2.38. The lowest BCUT2D eigenvalue weighted by molar-refractivity contribution is -0.115. The van der Waals surface area contributed by atoms with E-state index < -0.39 is 0 Å². The van der Waals surface area contributed by atoms with Gasteiger partial charge in [0.1, 0.15) is 17.6 Å². The lowest BCUT2D eigenvalue weighted by Crippen LogP contribution is -2.26. The smallest absolute Gasteiger partial charge is 0.290 e. The van der Waals surface area contributed by atoms with E-state index in [4.69, 9.17) is 9.15 Å². The van der Waals surface area contributed by atoms with Crippen LogP contribution in [0.15, 0.2) is 46.1 Å². The molecule has 3 atom stereocenters. The number of benzene rings is 1. The Labute approximate surface area is 174 Å². The highest BCUT2D eigenvalue weighted by Crippen LogP contribution is 2.37. The third-order valence-electron chi connectivity index (χ3n) is 5.53. The summed E-state index contributed by atoms with van der Waals surface area (Å²) in [5.74, 6) is 0.674. The minimum atomic E-state index is -0.300. The summed E-state index contributed by atoms with van der Waals surface area (Å²) in [6.45, 7) is 3.97. The van der Waals surface area contributed by atoms with Crippen LogP contribution in [0.1, 0.15) is 54.4 Å². The summed E-state index contributed by atoms with van der Waals surface area (Å²) >= 11 is 0.980. The summed E-state index contributed by atoms with van der Waals surface area (Å²) in [7, 11) is 0. The molecule has 1 aliphatic carbocycles. The van der Waals surface area contributed by atoms with Gasteiger partial charge in [-0.1, -0.05) is 36.8 Å². The third-order valence-corrected chi connectivity index (χ3v) is 6.35. The molecule has 1 N–H and O–H groups in total. The van der Waals surface area contributed by atoms with Gasteiger partial charge in [0.05, 0.1) is 11.0 Å². The maximum absolute atomic E-state index is 11.9. The molecule has 0 spiro atoms. The van der Waals surface area contributed by atoms with Crippen molar-refractivity contribution >= 4 is 22.9 Å². The molecule has 2 aliphatic rings. The van der Waals surface area contributed by atoms with Gasteiger partial charge in [0.2, 0.25) is 0 Å². The predicted octanol–water partition coefficient (Wildman–Crippen LogP) is 4.82. The molecular weight excluding hydrogens is 388 g/mol. The molecule has 0 radical (unpaired) electrons. The first-order valence-corrected chi connectivity index (χ1v) is 10.7. The average molecular weight is 413 g/mol. The number of hydrogen-bond acceptors (Lipinski definition) is 6. The predicted molar refractivity (Wildman–Crippen MR) is 110 cm³/mol. The van der Waals surface area contributed by atoms with Gasteiger partial charge in [-0.25, -0.2) is 4.98 Å². The first-order valence-electron chi connectivity index (χ1n) is 9.87. The highest BCUT2D eigenvalue weighted by atomic mass is 32.2. The second kappa shape index (κ2) is 8.55. The van der Waals surface area contributed by atoms with Crippen LogP contribution in [0.4, 0.5) is 4.79 Å². The molecule has 7 heteroatoms. The van der Waals surface area contributed by atoms with Crippen molar-refractivity contribution in [1.29, 1.82) is 0 Å². The van der Waals surface area contributed by atoms with E-state index in [0.29, 0.717) is 4.91 Å². The average Bonchev–Trinajstić information content (AvgIpc) is 3.25. The van der Waals surface area contributed by atoms with Crippen molar-refractivity contribution < 1.29 is 18.7 Å². The number of aromatic nitrogens is 1. The molecule has 2 heterocycles.